The second kappa shape index (κ2) is 37.5. The van der Waals surface area contributed by atoms with Crippen LogP contribution in [0.5, 0.6) is 0 Å². The number of ether oxygens (including phenoxy) is 2. The van der Waals surface area contributed by atoms with Crippen molar-refractivity contribution in [1.82, 2.24) is 34.9 Å². The van der Waals surface area contributed by atoms with Gasteiger partial charge in [0.05, 0.1) is 90.6 Å². The van der Waals surface area contributed by atoms with Gasteiger partial charge in [-0.3, -0.25) is 4.79 Å². The van der Waals surface area contributed by atoms with Gasteiger partial charge in [-0.1, -0.05) is 146 Å². The standard InChI is InChI=1S/C33H27FN4O3.C23H22BN3O4.2C10H7BrFNO.C8H6BrFO/c1-21-35-18-29(41-21)25-15-9-14-24(30(25)34)28-16-26-27(33(39)40-2)17-36-32(31(26)37-28)38(19-22-10-5-3-6-11-22)20-23-12-7-4-8-13-23;1-31-23(28)19-13-25-22(21-18(19)12-20(26-21)24(29)30)27(14-16-8-4-2-5-9-16)15-17-10-6-3-7-11-17;2*1-6-13-5-9(14-6)7-3-2-4-8(11)10(7)12;1-5(11)6-3-2-4-7(9)8(6)10/h3-18,37H,19-20H2,1-2H3;2-13,26,29-30H,14-15H2,1H3;2*2-5H,1H3;2-4H,1H3. The number of anilines is 2. The largest absolute Gasteiger partial charge is 0.505 e. The molecule has 0 amide bonds. The molecule has 0 saturated heterocycles. The first-order valence-corrected chi connectivity index (χ1v) is 36.6. The molecule has 0 aliphatic heterocycles. The summed E-state index contributed by atoms with van der Waals surface area (Å²) < 4.78 is 83.2. The molecule has 19 nitrogen and oxygen atoms in total. The van der Waals surface area contributed by atoms with Crippen molar-refractivity contribution in [3.05, 3.63) is 331 Å². The second-order valence-corrected chi connectivity index (χ2v) is 27.3. The van der Waals surface area contributed by atoms with Crippen LogP contribution in [0.25, 0.3) is 67.0 Å². The van der Waals surface area contributed by atoms with E-state index in [9.17, 15) is 37.6 Å². The number of rotatable bonds is 18. The minimum atomic E-state index is -1.71. The highest BCUT2D eigenvalue weighted by atomic mass is 79.9. The number of Topliss-reactive ketones (excluding diaryl/α,β-unsaturated/α-hetero) is 1. The lowest BCUT2D eigenvalue weighted by molar-refractivity contribution is 0.0593. The average molecular weight is 1690 g/mol. The summed E-state index contributed by atoms with van der Waals surface area (Å²) >= 11 is 9.21. The summed E-state index contributed by atoms with van der Waals surface area (Å²) in [5, 5.41) is 20.5. The molecule has 0 unspecified atom stereocenters. The molecule has 15 rings (SSSR count). The fourth-order valence-electron chi connectivity index (χ4n) is 11.7. The van der Waals surface area contributed by atoms with E-state index in [-0.39, 0.29) is 39.7 Å². The molecule has 0 aliphatic rings. The van der Waals surface area contributed by atoms with E-state index in [1.54, 1.807) is 99.6 Å². The summed E-state index contributed by atoms with van der Waals surface area (Å²) in [6.45, 7) is 8.78. The van der Waals surface area contributed by atoms with Crippen LogP contribution in [0.1, 0.15) is 77.9 Å². The number of methoxy groups -OCH3 is 2. The molecule has 0 atom stereocenters. The number of carbonyl (C=O) groups is 3. The van der Waals surface area contributed by atoms with Crippen molar-refractivity contribution >= 4 is 112 Å². The number of aromatic amines is 2. The number of hydrogen-bond acceptors (Lipinski definition) is 17. The Morgan fingerprint density at radius 1 is 0.423 bits per heavy atom. The van der Waals surface area contributed by atoms with Gasteiger partial charge in [0.1, 0.15) is 23.3 Å². The van der Waals surface area contributed by atoms with E-state index in [1.165, 1.54) is 58.2 Å². The Morgan fingerprint density at radius 3 is 1.12 bits per heavy atom. The third-order valence-electron chi connectivity index (χ3n) is 17.1. The number of nitrogens with zero attached hydrogens (tertiary/aromatic N) is 7. The van der Waals surface area contributed by atoms with Gasteiger partial charge in [0.25, 0.3) is 0 Å². The number of aromatic nitrogens is 7. The smallest absolute Gasteiger partial charge is 0.465 e. The Balaban J connectivity index is 0.000000151. The number of carbonyl (C=O) groups excluding carboxylic acids is 3. The van der Waals surface area contributed by atoms with Crippen molar-refractivity contribution in [3.63, 3.8) is 0 Å². The summed E-state index contributed by atoms with van der Waals surface area (Å²) in [5.74, 6) is 1.03. The van der Waals surface area contributed by atoms with E-state index in [0.29, 0.717) is 136 Å². The number of H-pyrrole nitrogens is 2. The lowest BCUT2D eigenvalue weighted by Gasteiger charge is -2.25. The summed E-state index contributed by atoms with van der Waals surface area (Å²) in [7, 11) is 0.922. The number of pyridine rings is 2. The van der Waals surface area contributed by atoms with Gasteiger partial charge in [0, 0.05) is 87.0 Å². The molecule has 7 heterocycles. The molecule has 0 bridgehead atoms. The van der Waals surface area contributed by atoms with E-state index in [1.807, 2.05) is 97.1 Å². The fraction of sp³-hybridized carbons (Fsp3) is 0.119. The number of ketones is 1. The first-order chi connectivity index (χ1) is 53.6. The quantitative estimate of drug-likeness (QED) is 0.0270. The van der Waals surface area contributed by atoms with Crippen LogP contribution in [0.3, 0.4) is 0 Å². The Labute approximate surface area is 660 Å². The Kier molecular flexibility index (Phi) is 27.1. The molecule has 4 N–H and O–H groups in total. The normalized spacial score (nSPS) is 10.7. The van der Waals surface area contributed by atoms with Crippen LogP contribution >= 0.6 is 47.8 Å². The second-order valence-electron chi connectivity index (χ2n) is 24.7. The van der Waals surface area contributed by atoms with Crippen LogP contribution < -0.4 is 15.4 Å². The third-order valence-corrected chi connectivity index (χ3v) is 18.9. The molecular formula is C84H69BBr3F4N9O10. The predicted octanol–water partition coefficient (Wildman–Crippen LogP) is 19.5. The zero-order chi connectivity index (χ0) is 78.8. The molecule has 0 radical (unpaired) electrons. The zero-order valence-electron chi connectivity index (χ0n) is 60.4. The van der Waals surface area contributed by atoms with Gasteiger partial charge < -0.3 is 52.5 Å². The molecular weight excluding hydrogens is 1620 g/mol. The van der Waals surface area contributed by atoms with E-state index in [4.69, 9.17) is 27.7 Å². The molecule has 111 heavy (non-hydrogen) atoms. The molecule has 562 valence electrons. The van der Waals surface area contributed by atoms with Crippen molar-refractivity contribution in [1.29, 1.82) is 0 Å². The van der Waals surface area contributed by atoms with Crippen LogP contribution in [0.4, 0.5) is 29.2 Å². The Hall–Kier alpha value is -11.9. The van der Waals surface area contributed by atoms with Crippen molar-refractivity contribution < 1.29 is 64.7 Å². The van der Waals surface area contributed by atoms with Gasteiger partial charge in [0.2, 0.25) is 0 Å². The number of oxazole rings is 3. The van der Waals surface area contributed by atoms with E-state index < -0.39 is 30.7 Å². The number of nitrogens with one attached hydrogen (secondary N) is 2. The van der Waals surface area contributed by atoms with Crippen molar-refractivity contribution in [3.8, 4) is 45.2 Å². The highest BCUT2D eigenvalue weighted by Gasteiger charge is 2.27. The maximum absolute atomic E-state index is 15.9. The van der Waals surface area contributed by atoms with Crippen LogP contribution in [-0.2, 0) is 35.7 Å². The van der Waals surface area contributed by atoms with Crippen molar-refractivity contribution in [2.75, 3.05) is 24.0 Å². The van der Waals surface area contributed by atoms with Gasteiger partial charge in [0.15, 0.2) is 52.4 Å². The number of benzene rings is 8. The third kappa shape index (κ3) is 20.0. The predicted molar refractivity (Wildman–Crippen MR) is 429 cm³/mol. The monoisotopic (exact) mass is 1690 g/mol. The molecule has 0 aliphatic carbocycles. The number of fused-ring (bicyclic) bond motifs is 2. The van der Waals surface area contributed by atoms with Crippen molar-refractivity contribution in [2.24, 2.45) is 0 Å². The average Bonchev–Trinajstić information content (AvgIpc) is 1.63. The molecule has 0 fully saturated rings. The first kappa shape index (κ1) is 80.1. The van der Waals surface area contributed by atoms with Gasteiger partial charge in [-0.05, 0) is 138 Å². The number of esters is 2. The summed E-state index contributed by atoms with van der Waals surface area (Å²) in [5.41, 5.74) is 8.33. The molecule has 8 aromatic carbocycles. The SMILES string of the molecule is CC(=O)c1cccc(Br)c1F.COC(=O)c1cnc(N(Cc2ccccc2)Cc2ccccc2)c2[nH]c(-c3cccc(-c4cnc(C)o4)c3F)cc12.COC(=O)c1cnc(N(Cc2ccccc2)Cc2ccccc2)c2[nH]c(B(O)O)cc12.Cc1ncc(-c2cccc(Br)c2F)o1.Cc1ncc(-c2cccc(Br)c2F)o1. The first-order valence-electron chi connectivity index (χ1n) is 34.2. The van der Waals surface area contributed by atoms with Gasteiger partial charge in [-0.25, -0.2) is 52.1 Å². The number of hydrogen-bond donors (Lipinski definition) is 4. The topological polar surface area (TPSA) is 252 Å². The molecule has 27 heteroatoms. The van der Waals surface area contributed by atoms with E-state index in [2.05, 4.69) is 112 Å². The highest BCUT2D eigenvalue weighted by molar-refractivity contribution is 9.11. The van der Waals surface area contributed by atoms with Crippen molar-refractivity contribution in [2.45, 2.75) is 53.9 Å². The van der Waals surface area contributed by atoms with E-state index >= 15 is 4.39 Å². The lowest BCUT2D eigenvalue weighted by atomic mass is 9.86. The minimum Gasteiger partial charge on any atom is -0.465 e. The maximum Gasteiger partial charge on any atom is 0.505 e. The summed E-state index contributed by atoms with van der Waals surface area (Å²) in [6, 6.07) is 63.3. The number of aryl methyl sites for hydroxylation is 3. The van der Waals surface area contributed by atoms with Crippen LogP contribution in [0.2, 0.25) is 0 Å². The summed E-state index contributed by atoms with van der Waals surface area (Å²) in [4.78, 5) is 67.6. The van der Waals surface area contributed by atoms with Crippen LogP contribution in [0, 0.1) is 44.0 Å². The highest BCUT2D eigenvalue weighted by Crippen LogP contribution is 2.38. The number of halogens is 7. The van der Waals surface area contributed by atoms with Crippen LogP contribution in [0.15, 0.2) is 264 Å². The van der Waals surface area contributed by atoms with Gasteiger partial charge in [-0.2, -0.15) is 0 Å². The molecule has 15 aromatic rings. The maximum atomic E-state index is 15.9. The summed E-state index contributed by atoms with van der Waals surface area (Å²) in [6.07, 6.45) is 7.52. The van der Waals surface area contributed by atoms with Crippen LogP contribution in [-0.4, -0.2) is 84.0 Å². The Morgan fingerprint density at radius 2 is 0.766 bits per heavy atom. The fourth-order valence-corrected chi connectivity index (χ4v) is 12.8. The van der Waals surface area contributed by atoms with Gasteiger partial charge >= 0.3 is 19.1 Å². The molecule has 0 saturated carbocycles. The lowest BCUT2D eigenvalue weighted by Crippen LogP contribution is -2.30. The molecule has 0 spiro atoms. The molecule has 7 aromatic heterocycles. The zero-order valence-corrected chi connectivity index (χ0v) is 65.1. The van der Waals surface area contributed by atoms with Gasteiger partial charge in [-0.15, -0.1) is 0 Å². The minimum absolute atomic E-state index is 0.124. The Bertz CT molecular complexity index is 5550. The van der Waals surface area contributed by atoms with E-state index in [0.717, 1.165) is 22.3 Å².